The topological polar surface area (TPSA) is 72.6 Å². The first kappa shape index (κ1) is 13.8. The first-order valence-corrected chi connectivity index (χ1v) is 6.94. The van der Waals surface area contributed by atoms with Crippen LogP contribution >= 0.6 is 0 Å². The van der Waals surface area contributed by atoms with E-state index in [1.807, 2.05) is 24.3 Å². The Morgan fingerprint density at radius 2 is 2.10 bits per heavy atom. The lowest BCUT2D eigenvalue weighted by atomic mass is 9.66. The van der Waals surface area contributed by atoms with Crippen LogP contribution in [0.2, 0.25) is 0 Å². The predicted octanol–water partition coefficient (Wildman–Crippen LogP) is 2.99. The van der Waals surface area contributed by atoms with Crippen LogP contribution in [0.3, 0.4) is 0 Å². The first-order chi connectivity index (χ1) is 10.2. The van der Waals surface area contributed by atoms with Crippen LogP contribution in [-0.2, 0) is 21.6 Å². The van der Waals surface area contributed by atoms with Crippen LogP contribution in [-0.4, -0.2) is 23.3 Å². The van der Waals surface area contributed by atoms with Crippen molar-refractivity contribution in [2.75, 3.05) is 7.11 Å². The van der Waals surface area contributed by atoms with Crippen molar-refractivity contribution >= 4 is 5.97 Å². The molecule has 1 heterocycles. The molecule has 110 valence electrons. The monoisotopic (exact) mass is 287 g/mol. The highest BCUT2D eigenvalue weighted by molar-refractivity contribution is 5.82. The fourth-order valence-corrected chi connectivity index (χ4v) is 2.68. The van der Waals surface area contributed by atoms with E-state index in [9.17, 15) is 9.90 Å². The summed E-state index contributed by atoms with van der Waals surface area (Å²) < 4.78 is 10.4. The van der Waals surface area contributed by atoms with Gasteiger partial charge in [-0.25, -0.2) is 0 Å². The number of benzene rings is 1. The molecule has 1 aromatic carbocycles. The van der Waals surface area contributed by atoms with Gasteiger partial charge in [-0.15, -0.1) is 0 Å². The first-order valence-electron chi connectivity index (χ1n) is 6.94. The van der Waals surface area contributed by atoms with Gasteiger partial charge in [0.05, 0.1) is 6.61 Å². The maximum atomic E-state index is 11.5. The SMILES string of the molecule is COCc1ccc(-c2cc(C3(C(=O)O)CCC3)no2)cc1. The van der Waals surface area contributed by atoms with E-state index in [1.165, 1.54) is 0 Å². The highest BCUT2D eigenvalue weighted by Crippen LogP contribution is 2.44. The molecule has 3 rings (SSSR count). The van der Waals surface area contributed by atoms with E-state index >= 15 is 0 Å². The highest BCUT2D eigenvalue weighted by atomic mass is 16.5. The van der Waals surface area contributed by atoms with E-state index in [0.717, 1.165) is 17.5 Å². The number of carboxylic acid groups (broad SMARTS) is 1. The summed E-state index contributed by atoms with van der Waals surface area (Å²) in [6, 6.07) is 9.51. The van der Waals surface area contributed by atoms with E-state index in [0.29, 0.717) is 30.9 Å². The minimum atomic E-state index is -0.849. The maximum absolute atomic E-state index is 11.5. The Labute approximate surface area is 122 Å². The lowest BCUT2D eigenvalue weighted by Gasteiger charge is -2.35. The molecule has 1 saturated carbocycles. The van der Waals surface area contributed by atoms with Crippen LogP contribution in [0, 0.1) is 0 Å². The Morgan fingerprint density at radius 1 is 1.38 bits per heavy atom. The van der Waals surface area contributed by atoms with E-state index < -0.39 is 11.4 Å². The average molecular weight is 287 g/mol. The van der Waals surface area contributed by atoms with Crippen LogP contribution in [0.4, 0.5) is 0 Å². The van der Waals surface area contributed by atoms with Crippen molar-refractivity contribution in [3.8, 4) is 11.3 Å². The lowest BCUT2D eigenvalue weighted by molar-refractivity contribution is -0.147. The van der Waals surface area contributed by atoms with E-state index in [2.05, 4.69) is 5.16 Å². The normalized spacial score (nSPS) is 16.4. The van der Waals surface area contributed by atoms with E-state index in [1.54, 1.807) is 13.2 Å². The molecule has 1 aromatic heterocycles. The third kappa shape index (κ3) is 2.34. The van der Waals surface area contributed by atoms with Crippen LogP contribution < -0.4 is 0 Å². The van der Waals surface area contributed by atoms with Gasteiger partial charge in [-0.3, -0.25) is 4.79 Å². The lowest BCUT2D eigenvalue weighted by Crippen LogP contribution is -2.42. The van der Waals surface area contributed by atoms with Crippen molar-refractivity contribution in [2.24, 2.45) is 0 Å². The predicted molar refractivity (Wildman–Crippen MR) is 75.8 cm³/mol. The molecule has 0 atom stereocenters. The summed E-state index contributed by atoms with van der Waals surface area (Å²) in [4.78, 5) is 11.5. The quantitative estimate of drug-likeness (QED) is 0.915. The minimum Gasteiger partial charge on any atom is -0.481 e. The number of rotatable bonds is 5. The Morgan fingerprint density at radius 3 is 2.62 bits per heavy atom. The number of hydrogen-bond donors (Lipinski definition) is 1. The Kier molecular flexibility index (Phi) is 3.51. The van der Waals surface area contributed by atoms with Crippen molar-refractivity contribution in [1.82, 2.24) is 5.16 Å². The molecule has 0 bridgehead atoms. The zero-order chi connectivity index (χ0) is 14.9. The number of nitrogens with zero attached hydrogens (tertiary/aromatic N) is 1. The molecule has 5 nitrogen and oxygen atoms in total. The Balaban J connectivity index is 1.86. The molecule has 0 saturated heterocycles. The van der Waals surface area contributed by atoms with E-state index in [-0.39, 0.29) is 0 Å². The van der Waals surface area contributed by atoms with Crippen LogP contribution in [0.1, 0.15) is 30.5 Å². The summed E-state index contributed by atoms with van der Waals surface area (Å²) in [5, 5.41) is 13.4. The smallest absolute Gasteiger partial charge is 0.315 e. The molecule has 0 spiro atoms. The second-order valence-electron chi connectivity index (χ2n) is 5.45. The Hall–Kier alpha value is -2.14. The molecule has 1 aliphatic rings. The number of carboxylic acids is 1. The van der Waals surface area contributed by atoms with Crippen LogP contribution in [0.15, 0.2) is 34.9 Å². The largest absolute Gasteiger partial charge is 0.481 e. The summed E-state index contributed by atoms with van der Waals surface area (Å²) in [5.41, 5.74) is 1.63. The van der Waals surface area contributed by atoms with Crippen molar-refractivity contribution in [3.63, 3.8) is 0 Å². The highest BCUT2D eigenvalue weighted by Gasteiger charge is 2.48. The summed E-state index contributed by atoms with van der Waals surface area (Å²) >= 11 is 0. The molecule has 0 radical (unpaired) electrons. The van der Waals surface area contributed by atoms with Crippen LogP contribution in [0.5, 0.6) is 0 Å². The number of aromatic nitrogens is 1. The van der Waals surface area contributed by atoms with Gasteiger partial charge in [0, 0.05) is 18.7 Å². The van der Waals surface area contributed by atoms with Gasteiger partial charge in [-0.1, -0.05) is 35.8 Å². The van der Waals surface area contributed by atoms with Gasteiger partial charge < -0.3 is 14.4 Å². The van der Waals surface area contributed by atoms with Gasteiger partial charge in [-0.05, 0) is 18.4 Å². The standard InChI is InChI=1S/C16H17NO4/c1-20-10-11-3-5-12(6-4-11)13-9-14(17-21-13)16(15(18)19)7-2-8-16/h3-6,9H,2,7-8,10H2,1H3,(H,18,19). The second-order valence-corrected chi connectivity index (χ2v) is 5.45. The zero-order valence-corrected chi connectivity index (χ0v) is 11.8. The Bertz CT molecular complexity index is 641. The molecule has 5 heteroatoms. The van der Waals surface area contributed by atoms with Gasteiger partial charge >= 0.3 is 5.97 Å². The van der Waals surface area contributed by atoms with Crippen molar-refractivity contribution in [3.05, 3.63) is 41.6 Å². The molecular formula is C16H17NO4. The third-order valence-electron chi connectivity index (χ3n) is 4.17. The molecule has 1 fully saturated rings. The minimum absolute atomic E-state index is 0.525. The van der Waals surface area contributed by atoms with Crippen molar-refractivity contribution in [2.45, 2.75) is 31.3 Å². The fourth-order valence-electron chi connectivity index (χ4n) is 2.68. The number of aliphatic carboxylic acids is 1. The molecule has 0 aliphatic heterocycles. The van der Waals surface area contributed by atoms with Gasteiger partial charge in [-0.2, -0.15) is 0 Å². The average Bonchev–Trinajstić information content (AvgIpc) is 2.88. The summed E-state index contributed by atoms with van der Waals surface area (Å²) in [6.07, 6.45) is 2.17. The molecule has 0 amide bonds. The molecule has 1 aliphatic carbocycles. The fraction of sp³-hybridized carbons (Fsp3) is 0.375. The third-order valence-corrected chi connectivity index (χ3v) is 4.17. The van der Waals surface area contributed by atoms with Gasteiger partial charge in [0.1, 0.15) is 11.1 Å². The number of hydrogen-bond acceptors (Lipinski definition) is 4. The summed E-state index contributed by atoms with van der Waals surface area (Å²) in [5.74, 6) is -0.217. The molecule has 21 heavy (non-hydrogen) atoms. The molecular weight excluding hydrogens is 270 g/mol. The second kappa shape index (κ2) is 5.33. The number of carbonyl (C=O) groups is 1. The summed E-state index contributed by atoms with van der Waals surface area (Å²) in [7, 11) is 1.65. The van der Waals surface area contributed by atoms with Gasteiger partial charge in [0.15, 0.2) is 5.76 Å². The molecule has 1 N–H and O–H groups in total. The van der Waals surface area contributed by atoms with Gasteiger partial charge in [0.25, 0.3) is 0 Å². The maximum Gasteiger partial charge on any atom is 0.315 e. The van der Waals surface area contributed by atoms with E-state index in [4.69, 9.17) is 9.26 Å². The van der Waals surface area contributed by atoms with Gasteiger partial charge in [0.2, 0.25) is 0 Å². The van der Waals surface area contributed by atoms with Crippen molar-refractivity contribution < 1.29 is 19.2 Å². The molecule has 2 aromatic rings. The summed E-state index contributed by atoms with van der Waals surface area (Å²) in [6.45, 7) is 0.560. The van der Waals surface area contributed by atoms with Crippen molar-refractivity contribution in [1.29, 1.82) is 0 Å². The molecule has 0 unspecified atom stereocenters. The number of ether oxygens (including phenoxy) is 1. The zero-order valence-electron chi connectivity index (χ0n) is 11.8. The van der Waals surface area contributed by atoms with Crippen LogP contribution in [0.25, 0.3) is 11.3 Å². The number of methoxy groups -OCH3 is 1.